The average molecular weight is 247 g/mol. The van der Waals surface area contributed by atoms with E-state index in [1.165, 1.54) is 24.6 Å². The summed E-state index contributed by atoms with van der Waals surface area (Å²) >= 11 is 0. The number of benzene rings is 1. The summed E-state index contributed by atoms with van der Waals surface area (Å²) in [5.41, 5.74) is 0.690. The monoisotopic (exact) mass is 247 g/mol. The molecule has 1 aromatic rings. The van der Waals surface area contributed by atoms with Crippen molar-refractivity contribution in [2.24, 2.45) is 0 Å². The summed E-state index contributed by atoms with van der Waals surface area (Å²) in [4.78, 5) is 13.7. The lowest BCUT2D eigenvalue weighted by Crippen LogP contribution is -2.34. The topological polar surface area (TPSA) is 60.8 Å². The molecule has 18 heavy (non-hydrogen) atoms. The molecule has 96 valence electrons. The van der Waals surface area contributed by atoms with Gasteiger partial charge in [0.2, 0.25) is 5.91 Å². The van der Waals surface area contributed by atoms with Crippen molar-refractivity contribution >= 4 is 12.0 Å². The number of aromatic hydroxyl groups is 2. The van der Waals surface area contributed by atoms with Crippen molar-refractivity contribution < 1.29 is 15.0 Å². The van der Waals surface area contributed by atoms with E-state index < -0.39 is 0 Å². The molecule has 1 amide bonds. The molecule has 1 saturated heterocycles. The third-order valence-corrected chi connectivity index (χ3v) is 3.09. The molecule has 1 aliphatic rings. The Hall–Kier alpha value is -1.97. The van der Waals surface area contributed by atoms with Crippen LogP contribution in [-0.4, -0.2) is 34.1 Å². The van der Waals surface area contributed by atoms with Gasteiger partial charge in [-0.15, -0.1) is 0 Å². The lowest BCUT2D eigenvalue weighted by atomic mass is 10.1. The molecule has 0 unspecified atom stereocenters. The number of rotatable bonds is 2. The van der Waals surface area contributed by atoms with Crippen molar-refractivity contribution in [3.05, 3.63) is 29.8 Å². The van der Waals surface area contributed by atoms with E-state index in [0.29, 0.717) is 5.56 Å². The summed E-state index contributed by atoms with van der Waals surface area (Å²) in [6.45, 7) is 1.65. The summed E-state index contributed by atoms with van der Waals surface area (Å²) < 4.78 is 0. The highest BCUT2D eigenvalue weighted by Crippen LogP contribution is 2.25. The molecule has 4 nitrogen and oxygen atoms in total. The molecule has 0 spiro atoms. The number of hydrogen-bond donors (Lipinski definition) is 2. The zero-order valence-electron chi connectivity index (χ0n) is 10.2. The molecule has 0 radical (unpaired) electrons. The lowest BCUT2D eigenvalue weighted by molar-refractivity contribution is -0.126. The Morgan fingerprint density at radius 3 is 2.50 bits per heavy atom. The van der Waals surface area contributed by atoms with Gasteiger partial charge in [-0.1, -0.05) is 6.07 Å². The SMILES string of the molecule is O=C(/C=C/c1ccc(O)c(O)c1)N1CCCCC1. The van der Waals surface area contributed by atoms with Crippen LogP contribution in [0.25, 0.3) is 6.08 Å². The van der Waals surface area contributed by atoms with Gasteiger partial charge >= 0.3 is 0 Å². The van der Waals surface area contributed by atoms with Crippen LogP contribution in [0.2, 0.25) is 0 Å². The van der Waals surface area contributed by atoms with Crippen LogP contribution < -0.4 is 0 Å². The Labute approximate surface area is 106 Å². The molecule has 0 bridgehead atoms. The van der Waals surface area contributed by atoms with Gasteiger partial charge in [-0.05, 0) is 43.0 Å². The normalized spacial score (nSPS) is 16.1. The molecule has 1 aromatic carbocycles. The molecule has 2 rings (SSSR count). The van der Waals surface area contributed by atoms with E-state index in [4.69, 9.17) is 0 Å². The van der Waals surface area contributed by atoms with Crippen LogP contribution in [0.4, 0.5) is 0 Å². The third kappa shape index (κ3) is 3.03. The van der Waals surface area contributed by atoms with Gasteiger partial charge in [0.25, 0.3) is 0 Å². The smallest absolute Gasteiger partial charge is 0.246 e. The third-order valence-electron chi connectivity index (χ3n) is 3.09. The summed E-state index contributed by atoms with van der Waals surface area (Å²) in [6.07, 6.45) is 6.49. The van der Waals surface area contributed by atoms with Crippen molar-refractivity contribution in [1.82, 2.24) is 4.90 Å². The van der Waals surface area contributed by atoms with Gasteiger partial charge in [0.1, 0.15) is 0 Å². The van der Waals surface area contributed by atoms with E-state index in [1.807, 2.05) is 4.90 Å². The number of nitrogens with zero attached hydrogens (tertiary/aromatic N) is 1. The first kappa shape index (κ1) is 12.5. The maximum absolute atomic E-state index is 11.9. The minimum Gasteiger partial charge on any atom is -0.504 e. The fourth-order valence-corrected chi connectivity index (χ4v) is 2.03. The van der Waals surface area contributed by atoms with Crippen LogP contribution in [0.3, 0.4) is 0 Å². The van der Waals surface area contributed by atoms with Gasteiger partial charge < -0.3 is 15.1 Å². The second kappa shape index (κ2) is 5.58. The van der Waals surface area contributed by atoms with E-state index in [2.05, 4.69) is 0 Å². The van der Waals surface area contributed by atoms with Crippen LogP contribution in [0.15, 0.2) is 24.3 Å². The first-order valence-electron chi connectivity index (χ1n) is 6.16. The van der Waals surface area contributed by atoms with Crippen LogP contribution in [0.1, 0.15) is 24.8 Å². The second-order valence-corrected chi connectivity index (χ2v) is 4.47. The van der Waals surface area contributed by atoms with E-state index in [9.17, 15) is 15.0 Å². The predicted octanol–water partition coefficient (Wildman–Crippen LogP) is 2.12. The Kier molecular flexibility index (Phi) is 3.87. The van der Waals surface area contributed by atoms with Crippen molar-refractivity contribution in [1.29, 1.82) is 0 Å². The van der Waals surface area contributed by atoms with Gasteiger partial charge in [-0.25, -0.2) is 0 Å². The number of carbonyl (C=O) groups excluding carboxylic acids is 1. The van der Waals surface area contributed by atoms with E-state index in [0.717, 1.165) is 25.9 Å². The van der Waals surface area contributed by atoms with Crippen LogP contribution in [0.5, 0.6) is 11.5 Å². The fraction of sp³-hybridized carbons (Fsp3) is 0.357. The number of piperidine rings is 1. The van der Waals surface area contributed by atoms with Crippen LogP contribution in [-0.2, 0) is 4.79 Å². The molecule has 0 aliphatic carbocycles. The zero-order valence-corrected chi connectivity index (χ0v) is 10.2. The van der Waals surface area contributed by atoms with Crippen molar-refractivity contribution in [2.45, 2.75) is 19.3 Å². The molecule has 0 atom stereocenters. The highest BCUT2D eigenvalue weighted by molar-refractivity contribution is 5.91. The van der Waals surface area contributed by atoms with Crippen molar-refractivity contribution in [3.63, 3.8) is 0 Å². The van der Waals surface area contributed by atoms with Gasteiger partial charge in [0.15, 0.2) is 11.5 Å². The summed E-state index contributed by atoms with van der Waals surface area (Å²) in [5.74, 6) is -0.334. The van der Waals surface area contributed by atoms with Gasteiger partial charge in [0, 0.05) is 19.2 Å². The van der Waals surface area contributed by atoms with Crippen LogP contribution in [0, 0.1) is 0 Å². The van der Waals surface area contributed by atoms with Crippen molar-refractivity contribution in [2.75, 3.05) is 13.1 Å². The number of phenols is 2. The molecule has 2 N–H and O–H groups in total. The summed E-state index contributed by atoms with van der Waals surface area (Å²) in [5, 5.41) is 18.5. The Morgan fingerprint density at radius 1 is 1.11 bits per heavy atom. The lowest BCUT2D eigenvalue weighted by Gasteiger charge is -2.25. The Balaban J connectivity index is 2.01. The largest absolute Gasteiger partial charge is 0.504 e. The maximum Gasteiger partial charge on any atom is 0.246 e. The van der Waals surface area contributed by atoms with E-state index in [-0.39, 0.29) is 17.4 Å². The average Bonchev–Trinajstić information content (AvgIpc) is 2.41. The predicted molar refractivity (Wildman–Crippen MR) is 69.2 cm³/mol. The minimum absolute atomic E-state index is 0.00210. The van der Waals surface area contributed by atoms with E-state index in [1.54, 1.807) is 12.1 Å². The minimum atomic E-state index is -0.178. The van der Waals surface area contributed by atoms with E-state index >= 15 is 0 Å². The summed E-state index contributed by atoms with van der Waals surface area (Å²) in [7, 11) is 0. The molecule has 4 heteroatoms. The van der Waals surface area contributed by atoms with Crippen molar-refractivity contribution in [3.8, 4) is 11.5 Å². The molecule has 1 aliphatic heterocycles. The quantitative estimate of drug-likeness (QED) is 0.621. The second-order valence-electron chi connectivity index (χ2n) is 4.47. The van der Waals surface area contributed by atoms with Gasteiger partial charge in [0.05, 0.1) is 0 Å². The zero-order chi connectivity index (χ0) is 13.0. The number of phenolic OH excluding ortho intramolecular Hbond substituents is 2. The fourth-order valence-electron chi connectivity index (χ4n) is 2.03. The highest BCUT2D eigenvalue weighted by Gasteiger charge is 2.13. The maximum atomic E-state index is 11.9. The van der Waals surface area contributed by atoms with Crippen LogP contribution >= 0.6 is 0 Å². The van der Waals surface area contributed by atoms with Gasteiger partial charge in [-0.2, -0.15) is 0 Å². The highest BCUT2D eigenvalue weighted by atomic mass is 16.3. The molecule has 1 heterocycles. The standard InChI is InChI=1S/C14H17NO3/c16-12-6-4-11(10-13(12)17)5-7-14(18)15-8-2-1-3-9-15/h4-7,10,16-17H,1-3,8-9H2/b7-5+. The number of amides is 1. The Bertz CT molecular complexity index is 462. The first-order chi connectivity index (χ1) is 8.66. The number of hydrogen-bond acceptors (Lipinski definition) is 3. The number of carbonyl (C=O) groups is 1. The molecule has 0 aromatic heterocycles. The summed E-state index contributed by atoms with van der Waals surface area (Å²) in [6, 6.07) is 4.48. The van der Waals surface area contributed by atoms with Gasteiger partial charge in [-0.3, -0.25) is 4.79 Å². The Morgan fingerprint density at radius 2 is 1.83 bits per heavy atom. The first-order valence-corrected chi connectivity index (χ1v) is 6.16. The number of likely N-dealkylation sites (tertiary alicyclic amines) is 1. The molecule has 1 fully saturated rings. The molecule has 0 saturated carbocycles. The molecular formula is C14H17NO3. The molecular weight excluding hydrogens is 230 g/mol.